The minimum atomic E-state index is 0.318. The average Bonchev–Trinajstić information content (AvgIpc) is 2.77. The monoisotopic (exact) mass is 249 g/mol. The number of carbonyl (C=O) groups excluding carboxylic acids is 1. The zero-order valence-corrected chi connectivity index (χ0v) is 11.1. The highest BCUT2D eigenvalue weighted by atomic mass is 32.2. The molecule has 0 aliphatic carbocycles. The molecule has 1 aliphatic rings. The Morgan fingerprint density at radius 1 is 1.41 bits per heavy atom. The molecule has 1 unspecified atom stereocenters. The zero-order valence-electron chi connectivity index (χ0n) is 10.3. The molecule has 1 aromatic rings. The van der Waals surface area contributed by atoms with Crippen molar-refractivity contribution in [2.24, 2.45) is 0 Å². The van der Waals surface area contributed by atoms with Gasteiger partial charge in [0, 0.05) is 18.7 Å². The fourth-order valence-corrected chi connectivity index (χ4v) is 3.20. The molecule has 1 fully saturated rings. The Kier molecular flexibility index (Phi) is 4.49. The van der Waals surface area contributed by atoms with Crippen LogP contribution in [0.15, 0.2) is 30.3 Å². The minimum Gasteiger partial charge on any atom is -0.330 e. The molecule has 2 nitrogen and oxygen atoms in total. The van der Waals surface area contributed by atoms with E-state index in [1.807, 2.05) is 22.7 Å². The van der Waals surface area contributed by atoms with Crippen LogP contribution in [0, 0.1) is 0 Å². The molecule has 92 valence electrons. The van der Waals surface area contributed by atoms with E-state index in [1.54, 1.807) is 0 Å². The Morgan fingerprint density at radius 3 is 2.82 bits per heavy atom. The first kappa shape index (κ1) is 12.5. The van der Waals surface area contributed by atoms with Crippen LogP contribution in [-0.2, 0) is 11.2 Å². The van der Waals surface area contributed by atoms with Crippen molar-refractivity contribution in [3.63, 3.8) is 0 Å². The number of hydrogen-bond donors (Lipinski definition) is 0. The highest BCUT2D eigenvalue weighted by molar-refractivity contribution is 8.00. The predicted molar refractivity (Wildman–Crippen MR) is 73.0 cm³/mol. The van der Waals surface area contributed by atoms with Gasteiger partial charge >= 0.3 is 0 Å². The Labute approximate surface area is 107 Å². The fraction of sp³-hybridized carbons (Fsp3) is 0.500. The van der Waals surface area contributed by atoms with E-state index in [0.717, 1.165) is 25.1 Å². The first-order valence-corrected chi connectivity index (χ1v) is 7.27. The molecule has 17 heavy (non-hydrogen) atoms. The lowest BCUT2D eigenvalue weighted by atomic mass is 10.1. The summed E-state index contributed by atoms with van der Waals surface area (Å²) in [6.07, 6.45) is 2.64. The van der Waals surface area contributed by atoms with E-state index in [2.05, 4.69) is 31.2 Å². The Morgan fingerprint density at radius 2 is 2.18 bits per heavy atom. The van der Waals surface area contributed by atoms with Gasteiger partial charge in [-0.2, -0.15) is 0 Å². The van der Waals surface area contributed by atoms with Crippen LogP contribution in [-0.4, -0.2) is 28.5 Å². The molecular weight excluding hydrogens is 230 g/mol. The molecule has 1 aromatic carbocycles. The number of benzene rings is 1. The SMILES string of the molecule is CC1SCCN1C(=O)CCCc1ccccc1. The maximum atomic E-state index is 12.0. The summed E-state index contributed by atoms with van der Waals surface area (Å²) >= 11 is 1.87. The normalized spacial score (nSPS) is 19.6. The third-order valence-corrected chi connectivity index (χ3v) is 4.30. The number of amides is 1. The van der Waals surface area contributed by atoms with Crippen LogP contribution in [0.25, 0.3) is 0 Å². The van der Waals surface area contributed by atoms with Crippen molar-refractivity contribution in [3.05, 3.63) is 35.9 Å². The van der Waals surface area contributed by atoms with Crippen molar-refractivity contribution in [2.75, 3.05) is 12.3 Å². The first-order chi connectivity index (χ1) is 8.27. The van der Waals surface area contributed by atoms with Crippen LogP contribution >= 0.6 is 11.8 Å². The van der Waals surface area contributed by atoms with E-state index in [-0.39, 0.29) is 0 Å². The largest absolute Gasteiger partial charge is 0.330 e. The van der Waals surface area contributed by atoms with E-state index in [1.165, 1.54) is 5.56 Å². The van der Waals surface area contributed by atoms with Crippen LogP contribution in [0.4, 0.5) is 0 Å². The van der Waals surface area contributed by atoms with Gasteiger partial charge in [0.15, 0.2) is 0 Å². The topological polar surface area (TPSA) is 20.3 Å². The number of aryl methyl sites for hydroxylation is 1. The number of carbonyl (C=O) groups is 1. The quantitative estimate of drug-likeness (QED) is 0.817. The Hall–Kier alpha value is -0.960. The van der Waals surface area contributed by atoms with Crippen LogP contribution in [0.1, 0.15) is 25.3 Å². The van der Waals surface area contributed by atoms with Crippen molar-refractivity contribution in [1.29, 1.82) is 0 Å². The summed E-state index contributed by atoms with van der Waals surface area (Å²) in [4.78, 5) is 14.0. The summed E-state index contributed by atoms with van der Waals surface area (Å²) < 4.78 is 0. The van der Waals surface area contributed by atoms with Gasteiger partial charge in [0.25, 0.3) is 0 Å². The Bertz CT molecular complexity index is 366. The van der Waals surface area contributed by atoms with E-state index in [4.69, 9.17) is 0 Å². The lowest BCUT2D eigenvalue weighted by Gasteiger charge is -2.20. The summed E-state index contributed by atoms with van der Waals surface area (Å²) in [7, 11) is 0. The van der Waals surface area contributed by atoms with Crippen molar-refractivity contribution in [2.45, 2.75) is 31.6 Å². The van der Waals surface area contributed by atoms with Gasteiger partial charge in [-0.1, -0.05) is 30.3 Å². The van der Waals surface area contributed by atoms with Crippen LogP contribution in [0.2, 0.25) is 0 Å². The molecule has 0 radical (unpaired) electrons. The minimum absolute atomic E-state index is 0.318. The third kappa shape index (κ3) is 3.50. The van der Waals surface area contributed by atoms with E-state index < -0.39 is 0 Å². The smallest absolute Gasteiger partial charge is 0.223 e. The standard InChI is InChI=1S/C14H19NOS/c1-12-15(10-11-17-12)14(16)9-5-8-13-6-3-2-4-7-13/h2-4,6-7,12H,5,8-11H2,1H3. The fourth-order valence-electron chi connectivity index (χ4n) is 2.15. The molecular formula is C14H19NOS. The zero-order chi connectivity index (χ0) is 12.1. The van der Waals surface area contributed by atoms with Crippen LogP contribution in [0.5, 0.6) is 0 Å². The van der Waals surface area contributed by atoms with Crippen molar-refractivity contribution >= 4 is 17.7 Å². The van der Waals surface area contributed by atoms with Gasteiger partial charge in [0.05, 0.1) is 5.37 Å². The first-order valence-electron chi connectivity index (χ1n) is 6.22. The second-order valence-electron chi connectivity index (χ2n) is 4.40. The van der Waals surface area contributed by atoms with Crippen LogP contribution < -0.4 is 0 Å². The second-order valence-corrected chi connectivity index (χ2v) is 5.82. The lowest BCUT2D eigenvalue weighted by molar-refractivity contribution is -0.131. The number of hydrogen-bond acceptors (Lipinski definition) is 2. The molecule has 1 heterocycles. The summed E-state index contributed by atoms with van der Waals surface area (Å²) in [6, 6.07) is 10.4. The molecule has 1 aliphatic heterocycles. The maximum absolute atomic E-state index is 12.0. The summed E-state index contributed by atoms with van der Waals surface area (Å²) in [5.74, 6) is 1.41. The lowest BCUT2D eigenvalue weighted by Crippen LogP contribution is -2.32. The number of thioether (sulfide) groups is 1. The molecule has 1 amide bonds. The van der Waals surface area contributed by atoms with E-state index in [0.29, 0.717) is 17.7 Å². The van der Waals surface area contributed by atoms with Gasteiger partial charge in [-0.3, -0.25) is 4.79 Å². The molecule has 2 rings (SSSR count). The van der Waals surface area contributed by atoms with Crippen molar-refractivity contribution in [3.8, 4) is 0 Å². The average molecular weight is 249 g/mol. The molecule has 0 spiro atoms. The molecule has 1 atom stereocenters. The molecule has 1 saturated heterocycles. The van der Waals surface area contributed by atoms with Gasteiger partial charge in [-0.25, -0.2) is 0 Å². The molecule has 0 bridgehead atoms. The summed E-state index contributed by atoms with van der Waals surface area (Å²) in [6.45, 7) is 3.04. The molecule has 0 saturated carbocycles. The van der Waals surface area contributed by atoms with Crippen molar-refractivity contribution in [1.82, 2.24) is 4.90 Å². The number of nitrogens with zero attached hydrogens (tertiary/aromatic N) is 1. The van der Waals surface area contributed by atoms with Gasteiger partial charge < -0.3 is 4.90 Å². The number of rotatable bonds is 4. The summed E-state index contributed by atoms with van der Waals surface area (Å²) in [5, 5.41) is 0.374. The highest BCUT2D eigenvalue weighted by Crippen LogP contribution is 2.23. The molecule has 0 N–H and O–H groups in total. The second kappa shape index (κ2) is 6.10. The molecule has 3 heteroatoms. The van der Waals surface area contributed by atoms with Gasteiger partial charge in [-0.05, 0) is 25.3 Å². The maximum Gasteiger partial charge on any atom is 0.223 e. The predicted octanol–water partition coefficient (Wildman–Crippen LogP) is 2.93. The molecule has 0 aromatic heterocycles. The van der Waals surface area contributed by atoms with Crippen molar-refractivity contribution < 1.29 is 4.79 Å². The van der Waals surface area contributed by atoms with Gasteiger partial charge in [0.1, 0.15) is 0 Å². The third-order valence-electron chi connectivity index (χ3n) is 3.15. The van der Waals surface area contributed by atoms with E-state index in [9.17, 15) is 4.79 Å². The Balaban J connectivity index is 1.73. The van der Waals surface area contributed by atoms with E-state index >= 15 is 0 Å². The van der Waals surface area contributed by atoms with Gasteiger partial charge in [-0.15, -0.1) is 11.8 Å². The van der Waals surface area contributed by atoms with Crippen LogP contribution in [0.3, 0.4) is 0 Å². The summed E-state index contributed by atoms with van der Waals surface area (Å²) in [5.41, 5.74) is 1.32. The highest BCUT2D eigenvalue weighted by Gasteiger charge is 2.24. The van der Waals surface area contributed by atoms with Gasteiger partial charge in [0.2, 0.25) is 5.91 Å².